The summed E-state index contributed by atoms with van der Waals surface area (Å²) in [5.41, 5.74) is 2.52. The number of aryl methyl sites for hydroxylation is 1. The molecule has 2 rings (SSSR count). The Balaban J connectivity index is 2.49. The summed E-state index contributed by atoms with van der Waals surface area (Å²) >= 11 is 0. The van der Waals surface area contributed by atoms with Gasteiger partial charge in [0.2, 0.25) is 0 Å². The van der Waals surface area contributed by atoms with Crippen molar-refractivity contribution in [1.29, 1.82) is 0 Å². The zero-order valence-corrected chi connectivity index (χ0v) is 10.2. The van der Waals surface area contributed by atoms with Gasteiger partial charge in [-0.05, 0) is 30.2 Å². The molecule has 0 fully saturated rings. The molecule has 92 valence electrons. The standard InChI is InChI=1S/C15H13FO2/c1-10-5-3-4-6-12(10)13-8-7-11(9-14(13)16)15(17)18-2/h3-9H,1-2H3. The number of carbonyl (C=O) groups is 1. The van der Waals surface area contributed by atoms with E-state index in [1.165, 1.54) is 13.2 Å². The maximum Gasteiger partial charge on any atom is 0.337 e. The van der Waals surface area contributed by atoms with Crippen molar-refractivity contribution in [3.05, 3.63) is 59.4 Å². The highest BCUT2D eigenvalue weighted by atomic mass is 19.1. The number of methoxy groups -OCH3 is 1. The monoisotopic (exact) mass is 244 g/mol. The van der Waals surface area contributed by atoms with E-state index >= 15 is 0 Å². The van der Waals surface area contributed by atoms with E-state index in [1.54, 1.807) is 12.1 Å². The summed E-state index contributed by atoms with van der Waals surface area (Å²) in [6.45, 7) is 1.92. The van der Waals surface area contributed by atoms with E-state index < -0.39 is 11.8 Å². The van der Waals surface area contributed by atoms with Gasteiger partial charge >= 0.3 is 5.97 Å². The summed E-state index contributed by atoms with van der Waals surface area (Å²) in [5, 5.41) is 0. The molecule has 0 aliphatic heterocycles. The van der Waals surface area contributed by atoms with Gasteiger partial charge in [-0.15, -0.1) is 0 Å². The van der Waals surface area contributed by atoms with Crippen LogP contribution in [0.1, 0.15) is 15.9 Å². The number of benzene rings is 2. The number of carbonyl (C=O) groups excluding carboxylic acids is 1. The van der Waals surface area contributed by atoms with E-state index in [0.29, 0.717) is 5.56 Å². The van der Waals surface area contributed by atoms with Crippen LogP contribution in [0.4, 0.5) is 4.39 Å². The van der Waals surface area contributed by atoms with Gasteiger partial charge in [-0.3, -0.25) is 0 Å². The van der Waals surface area contributed by atoms with Gasteiger partial charge in [0.05, 0.1) is 12.7 Å². The van der Waals surface area contributed by atoms with E-state index in [0.717, 1.165) is 11.1 Å². The number of ether oxygens (including phenoxy) is 1. The molecular weight excluding hydrogens is 231 g/mol. The predicted molar refractivity (Wildman–Crippen MR) is 67.9 cm³/mol. The van der Waals surface area contributed by atoms with Crippen LogP contribution in [-0.4, -0.2) is 13.1 Å². The maximum atomic E-state index is 14.0. The molecule has 0 aromatic heterocycles. The molecule has 0 amide bonds. The lowest BCUT2D eigenvalue weighted by Gasteiger charge is -2.08. The first-order chi connectivity index (χ1) is 8.63. The number of hydrogen-bond donors (Lipinski definition) is 0. The summed E-state index contributed by atoms with van der Waals surface area (Å²) in [4.78, 5) is 11.3. The van der Waals surface area contributed by atoms with E-state index in [9.17, 15) is 9.18 Å². The Bertz CT molecular complexity index is 591. The van der Waals surface area contributed by atoms with Crippen LogP contribution >= 0.6 is 0 Å². The van der Waals surface area contributed by atoms with Crippen molar-refractivity contribution in [3.8, 4) is 11.1 Å². The van der Waals surface area contributed by atoms with Gasteiger partial charge in [0, 0.05) is 5.56 Å². The second kappa shape index (κ2) is 5.00. The molecule has 0 saturated heterocycles. The predicted octanol–water partition coefficient (Wildman–Crippen LogP) is 3.59. The van der Waals surface area contributed by atoms with E-state index in [1.807, 2.05) is 31.2 Å². The highest BCUT2D eigenvalue weighted by Crippen LogP contribution is 2.26. The first kappa shape index (κ1) is 12.3. The fourth-order valence-corrected chi connectivity index (χ4v) is 1.85. The van der Waals surface area contributed by atoms with Crippen molar-refractivity contribution in [2.75, 3.05) is 7.11 Å². The highest BCUT2D eigenvalue weighted by Gasteiger charge is 2.11. The van der Waals surface area contributed by atoms with Crippen molar-refractivity contribution in [2.24, 2.45) is 0 Å². The Hall–Kier alpha value is -2.16. The molecule has 0 saturated carbocycles. The Kier molecular flexibility index (Phi) is 3.42. The Morgan fingerprint density at radius 3 is 2.44 bits per heavy atom. The van der Waals surface area contributed by atoms with Gasteiger partial charge in [-0.2, -0.15) is 0 Å². The summed E-state index contributed by atoms with van der Waals surface area (Å²) in [6.07, 6.45) is 0. The van der Waals surface area contributed by atoms with E-state index in [2.05, 4.69) is 4.74 Å². The summed E-state index contributed by atoms with van der Waals surface area (Å²) in [7, 11) is 1.27. The van der Waals surface area contributed by atoms with Gasteiger partial charge in [0.15, 0.2) is 0 Å². The zero-order valence-electron chi connectivity index (χ0n) is 10.2. The zero-order chi connectivity index (χ0) is 13.1. The molecule has 0 aliphatic carbocycles. The van der Waals surface area contributed by atoms with E-state index in [4.69, 9.17) is 0 Å². The van der Waals surface area contributed by atoms with Crippen LogP contribution in [0.5, 0.6) is 0 Å². The quantitative estimate of drug-likeness (QED) is 0.755. The topological polar surface area (TPSA) is 26.3 Å². The molecule has 0 N–H and O–H groups in total. The van der Waals surface area contributed by atoms with Gasteiger partial charge < -0.3 is 4.74 Å². The Labute approximate surface area is 105 Å². The molecule has 3 heteroatoms. The SMILES string of the molecule is COC(=O)c1ccc(-c2ccccc2C)c(F)c1. The maximum absolute atomic E-state index is 14.0. The van der Waals surface area contributed by atoms with Crippen molar-refractivity contribution in [2.45, 2.75) is 6.92 Å². The fraction of sp³-hybridized carbons (Fsp3) is 0.133. The van der Waals surface area contributed by atoms with Crippen LogP contribution in [-0.2, 0) is 4.74 Å². The average Bonchev–Trinajstić information content (AvgIpc) is 2.39. The van der Waals surface area contributed by atoms with Crippen LogP contribution in [0.15, 0.2) is 42.5 Å². The molecule has 0 radical (unpaired) electrons. The molecule has 2 aromatic carbocycles. The molecule has 0 spiro atoms. The average molecular weight is 244 g/mol. The van der Waals surface area contributed by atoms with Gasteiger partial charge in [0.25, 0.3) is 0 Å². The van der Waals surface area contributed by atoms with Crippen molar-refractivity contribution in [1.82, 2.24) is 0 Å². The van der Waals surface area contributed by atoms with Gasteiger partial charge in [-0.1, -0.05) is 30.3 Å². The minimum atomic E-state index is -0.537. The summed E-state index contributed by atoms with van der Waals surface area (Å²) < 4.78 is 18.6. The molecule has 2 nitrogen and oxygen atoms in total. The first-order valence-corrected chi connectivity index (χ1v) is 5.57. The third-order valence-corrected chi connectivity index (χ3v) is 2.83. The van der Waals surface area contributed by atoms with E-state index in [-0.39, 0.29) is 5.56 Å². The van der Waals surface area contributed by atoms with Crippen LogP contribution in [0.25, 0.3) is 11.1 Å². The third kappa shape index (κ3) is 2.25. The lowest BCUT2D eigenvalue weighted by molar-refractivity contribution is 0.0600. The fourth-order valence-electron chi connectivity index (χ4n) is 1.85. The molecule has 0 atom stereocenters. The first-order valence-electron chi connectivity index (χ1n) is 5.57. The molecular formula is C15H13FO2. The van der Waals surface area contributed by atoms with Crippen molar-refractivity contribution in [3.63, 3.8) is 0 Å². The van der Waals surface area contributed by atoms with Crippen molar-refractivity contribution < 1.29 is 13.9 Å². The Morgan fingerprint density at radius 1 is 1.11 bits per heavy atom. The Morgan fingerprint density at radius 2 is 1.83 bits per heavy atom. The summed E-state index contributed by atoms with van der Waals surface area (Å²) in [5.74, 6) is -0.961. The largest absolute Gasteiger partial charge is 0.465 e. The minimum absolute atomic E-state index is 0.215. The number of rotatable bonds is 2. The van der Waals surface area contributed by atoms with Crippen LogP contribution in [0, 0.1) is 12.7 Å². The lowest BCUT2D eigenvalue weighted by atomic mass is 9.99. The number of hydrogen-bond acceptors (Lipinski definition) is 2. The van der Waals surface area contributed by atoms with Gasteiger partial charge in [-0.25, -0.2) is 9.18 Å². The highest BCUT2D eigenvalue weighted by molar-refractivity contribution is 5.90. The molecule has 0 aliphatic rings. The second-order valence-corrected chi connectivity index (χ2v) is 4.00. The van der Waals surface area contributed by atoms with Gasteiger partial charge in [0.1, 0.15) is 5.82 Å². The molecule has 2 aromatic rings. The van der Waals surface area contributed by atoms with Crippen molar-refractivity contribution >= 4 is 5.97 Å². The summed E-state index contributed by atoms with van der Waals surface area (Å²) in [6, 6.07) is 11.9. The number of halogens is 1. The van der Waals surface area contributed by atoms with Crippen LogP contribution in [0.2, 0.25) is 0 Å². The number of esters is 1. The second-order valence-electron chi connectivity index (χ2n) is 4.00. The van der Waals surface area contributed by atoms with Crippen LogP contribution < -0.4 is 0 Å². The normalized spacial score (nSPS) is 10.2. The molecule has 0 unspecified atom stereocenters. The molecule has 0 heterocycles. The molecule has 18 heavy (non-hydrogen) atoms. The lowest BCUT2D eigenvalue weighted by Crippen LogP contribution is -2.02. The molecule has 0 bridgehead atoms. The third-order valence-electron chi connectivity index (χ3n) is 2.83. The minimum Gasteiger partial charge on any atom is -0.465 e. The van der Waals surface area contributed by atoms with Crippen LogP contribution in [0.3, 0.4) is 0 Å². The smallest absolute Gasteiger partial charge is 0.337 e.